The van der Waals surface area contributed by atoms with E-state index in [4.69, 9.17) is 4.74 Å². The van der Waals surface area contributed by atoms with Crippen molar-refractivity contribution in [1.29, 1.82) is 0 Å². The summed E-state index contributed by atoms with van der Waals surface area (Å²) in [5.41, 5.74) is 4.55. The molecule has 6 heteroatoms. The molecule has 0 radical (unpaired) electrons. The second-order valence-electron chi connectivity index (χ2n) is 8.00. The zero-order valence-corrected chi connectivity index (χ0v) is 18.9. The summed E-state index contributed by atoms with van der Waals surface area (Å²) in [6.45, 7) is 2.47. The third-order valence-corrected chi connectivity index (χ3v) is 5.68. The van der Waals surface area contributed by atoms with Crippen molar-refractivity contribution in [2.75, 3.05) is 27.7 Å². The number of rotatable bonds is 7. The molecule has 0 bridgehead atoms. The molecule has 4 aromatic rings. The zero-order valence-electron chi connectivity index (χ0n) is 18.9. The highest BCUT2D eigenvalue weighted by atomic mass is 16.5. The molecular weight excluding hydrogens is 400 g/mol. The van der Waals surface area contributed by atoms with E-state index in [1.54, 1.807) is 7.11 Å². The lowest BCUT2D eigenvalue weighted by Crippen LogP contribution is -2.34. The molecule has 0 aliphatic heterocycles. The molecule has 1 aromatic heterocycles. The van der Waals surface area contributed by atoms with Crippen LogP contribution in [0.4, 0.5) is 0 Å². The van der Waals surface area contributed by atoms with Crippen molar-refractivity contribution < 1.29 is 9.53 Å². The van der Waals surface area contributed by atoms with E-state index in [9.17, 15) is 4.79 Å². The average Bonchev–Trinajstić information content (AvgIpc) is 3.14. The molecule has 0 fully saturated rings. The SMILES string of the molecule is COc1ccc(C(CNC(=O)c2ccc3c(c2)nc(C)n3-c2ccccc2)N(C)C)cc1. The number of likely N-dealkylation sites (N-methyl/N-ethyl adjacent to an activating group) is 1. The lowest BCUT2D eigenvalue weighted by atomic mass is 10.1. The third-order valence-electron chi connectivity index (χ3n) is 5.68. The first-order valence-electron chi connectivity index (χ1n) is 10.6. The van der Waals surface area contributed by atoms with Crippen LogP contribution < -0.4 is 10.1 Å². The largest absolute Gasteiger partial charge is 0.497 e. The van der Waals surface area contributed by atoms with E-state index < -0.39 is 0 Å². The Labute approximate surface area is 188 Å². The predicted octanol–water partition coefficient (Wildman–Crippen LogP) is 4.38. The highest BCUT2D eigenvalue weighted by Gasteiger charge is 2.17. The van der Waals surface area contributed by atoms with Crippen LogP contribution in [-0.2, 0) is 0 Å². The van der Waals surface area contributed by atoms with Gasteiger partial charge in [-0.1, -0.05) is 30.3 Å². The molecule has 164 valence electrons. The van der Waals surface area contributed by atoms with Crippen molar-refractivity contribution in [2.45, 2.75) is 13.0 Å². The van der Waals surface area contributed by atoms with E-state index in [1.807, 2.05) is 81.7 Å². The van der Waals surface area contributed by atoms with Crippen LogP contribution in [0.5, 0.6) is 5.75 Å². The summed E-state index contributed by atoms with van der Waals surface area (Å²) in [4.78, 5) is 19.7. The number of aryl methyl sites for hydroxylation is 1. The topological polar surface area (TPSA) is 59.4 Å². The van der Waals surface area contributed by atoms with Gasteiger partial charge in [-0.25, -0.2) is 4.98 Å². The molecule has 0 saturated carbocycles. The van der Waals surface area contributed by atoms with Gasteiger partial charge >= 0.3 is 0 Å². The van der Waals surface area contributed by atoms with E-state index in [0.29, 0.717) is 12.1 Å². The molecule has 1 N–H and O–H groups in total. The van der Waals surface area contributed by atoms with Crippen molar-refractivity contribution in [2.24, 2.45) is 0 Å². The monoisotopic (exact) mass is 428 g/mol. The Hall–Kier alpha value is -3.64. The van der Waals surface area contributed by atoms with E-state index >= 15 is 0 Å². The number of nitrogens with one attached hydrogen (secondary N) is 1. The molecule has 1 unspecified atom stereocenters. The number of aromatic nitrogens is 2. The Morgan fingerprint density at radius 1 is 1.06 bits per heavy atom. The molecule has 0 aliphatic carbocycles. The Morgan fingerprint density at radius 2 is 1.78 bits per heavy atom. The predicted molar refractivity (Wildman–Crippen MR) is 128 cm³/mol. The number of methoxy groups -OCH3 is 1. The average molecular weight is 429 g/mol. The Morgan fingerprint density at radius 3 is 2.44 bits per heavy atom. The van der Waals surface area contributed by atoms with Crippen molar-refractivity contribution in [3.05, 3.63) is 89.7 Å². The van der Waals surface area contributed by atoms with Gasteiger partial charge in [0.1, 0.15) is 11.6 Å². The number of ether oxygens (including phenoxy) is 1. The number of imidazole rings is 1. The normalized spacial score (nSPS) is 12.2. The van der Waals surface area contributed by atoms with E-state index in [2.05, 4.69) is 31.9 Å². The van der Waals surface area contributed by atoms with E-state index in [1.165, 1.54) is 0 Å². The number of amides is 1. The van der Waals surface area contributed by atoms with Gasteiger partial charge in [0.2, 0.25) is 0 Å². The van der Waals surface area contributed by atoms with Gasteiger partial charge in [-0.3, -0.25) is 9.36 Å². The second kappa shape index (κ2) is 9.24. The third kappa shape index (κ3) is 4.36. The van der Waals surface area contributed by atoms with Crippen LogP contribution in [-0.4, -0.2) is 48.1 Å². The first kappa shape index (κ1) is 21.6. The van der Waals surface area contributed by atoms with E-state index in [-0.39, 0.29) is 11.9 Å². The summed E-state index contributed by atoms with van der Waals surface area (Å²) < 4.78 is 7.35. The van der Waals surface area contributed by atoms with Gasteiger partial charge < -0.3 is 15.0 Å². The number of fused-ring (bicyclic) bond motifs is 1. The minimum Gasteiger partial charge on any atom is -0.497 e. The molecule has 3 aromatic carbocycles. The molecular formula is C26H28N4O2. The number of hydrogen-bond donors (Lipinski definition) is 1. The van der Waals surface area contributed by atoms with Gasteiger partial charge in [0, 0.05) is 17.8 Å². The fourth-order valence-electron chi connectivity index (χ4n) is 3.96. The maximum Gasteiger partial charge on any atom is 0.251 e. The number of benzene rings is 3. The number of hydrogen-bond acceptors (Lipinski definition) is 4. The van der Waals surface area contributed by atoms with Gasteiger partial charge in [0.15, 0.2) is 0 Å². The van der Waals surface area contributed by atoms with Crippen LogP contribution in [0, 0.1) is 6.92 Å². The summed E-state index contributed by atoms with van der Waals surface area (Å²) >= 11 is 0. The lowest BCUT2D eigenvalue weighted by Gasteiger charge is -2.25. The molecule has 1 atom stereocenters. The van der Waals surface area contributed by atoms with Crippen molar-refractivity contribution in [3.63, 3.8) is 0 Å². The van der Waals surface area contributed by atoms with Crippen LogP contribution in [0.1, 0.15) is 27.8 Å². The van der Waals surface area contributed by atoms with Crippen molar-refractivity contribution in [3.8, 4) is 11.4 Å². The van der Waals surface area contributed by atoms with Crippen LogP contribution in [0.15, 0.2) is 72.8 Å². The van der Waals surface area contributed by atoms with Crippen molar-refractivity contribution >= 4 is 16.9 Å². The van der Waals surface area contributed by atoms with Gasteiger partial charge in [0.05, 0.1) is 24.2 Å². The van der Waals surface area contributed by atoms with Gasteiger partial charge in [-0.2, -0.15) is 0 Å². The van der Waals surface area contributed by atoms with Crippen LogP contribution in [0.3, 0.4) is 0 Å². The summed E-state index contributed by atoms with van der Waals surface area (Å²) in [6.07, 6.45) is 0. The summed E-state index contributed by atoms with van der Waals surface area (Å²) in [6, 6.07) is 23.8. The minimum absolute atomic E-state index is 0.0492. The number of carbonyl (C=O) groups is 1. The highest BCUT2D eigenvalue weighted by Crippen LogP contribution is 2.23. The maximum atomic E-state index is 12.9. The molecule has 6 nitrogen and oxygen atoms in total. The fourth-order valence-corrected chi connectivity index (χ4v) is 3.96. The molecule has 1 heterocycles. The number of nitrogens with zero attached hydrogens (tertiary/aromatic N) is 3. The first-order valence-corrected chi connectivity index (χ1v) is 10.6. The van der Waals surface area contributed by atoms with Crippen molar-refractivity contribution in [1.82, 2.24) is 19.8 Å². The Kier molecular flexibility index (Phi) is 6.23. The minimum atomic E-state index is -0.112. The highest BCUT2D eigenvalue weighted by molar-refractivity contribution is 5.97. The molecule has 32 heavy (non-hydrogen) atoms. The lowest BCUT2D eigenvalue weighted by molar-refractivity contribution is 0.0942. The van der Waals surface area contributed by atoms with Gasteiger partial charge in [-0.05, 0) is 69.0 Å². The smallest absolute Gasteiger partial charge is 0.251 e. The fraction of sp³-hybridized carbons (Fsp3) is 0.231. The van der Waals surface area contributed by atoms with Gasteiger partial charge in [-0.15, -0.1) is 0 Å². The Bertz CT molecular complexity index is 1210. The summed E-state index contributed by atoms with van der Waals surface area (Å²) in [5, 5.41) is 3.08. The summed E-state index contributed by atoms with van der Waals surface area (Å²) in [5.74, 6) is 1.59. The molecule has 0 spiro atoms. The van der Waals surface area contributed by atoms with E-state index in [0.717, 1.165) is 33.9 Å². The Balaban J connectivity index is 1.53. The van der Waals surface area contributed by atoms with Crippen LogP contribution in [0.25, 0.3) is 16.7 Å². The second-order valence-corrected chi connectivity index (χ2v) is 8.00. The van der Waals surface area contributed by atoms with Gasteiger partial charge in [0.25, 0.3) is 5.91 Å². The quantitative estimate of drug-likeness (QED) is 0.475. The molecule has 0 aliphatic rings. The van der Waals surface area contributed by atoms with Crippen LogP contribution >= 0.6 is 0 Å². The standard InChI is InChI=1S/C26H28N4O2/c1-18-28-23-16-20(12-15-24(23)30(18)21-8-6-5-7-9-21)26(31)27-17-25(29(2)3)19-10-13-22(32-4)14-11-19/h5-16,25H,17H2,1-4H3,(H,27,31). The molecule has 4 rings (SSSR count). The summed E-state index contributed by atoms with van der Waals surface area (Å²) in [7, 11) is 5.66. The zero-order chi connectivity index (χ0) is 22.7. The molecule has 0 saturated heterocycles. The molecule has 1 amide bonds. The maximum absolute atomic E-state index is 12.9. The van der Waals surface area contributed by atoms with Crippen LogP contribution in [0.2, 0.25) is 0 Å². The first-order chi connectivity index (χ1) is 15.5. The number of para-hydroxylation sites is 1. The number of carbonyl (C=O) groups excluding carboxylic acids is 1.